The first kappa shape index (κ1) is 13.8. The van der Waals surface area contributed by atoms with Gasteiger partial charge in [-0.25, -0.2) is 13.4 Å². The molecule has 0 amide bonds. The lowest BCUT2D eigenvalue weighted by Crippen LogP contribution is -2.33. The molecule has 1 aromatic rings. The Kier molecular flexibility index (Phi) is 3.75. The molecular formula is C12H16N2O4S. The Morgan fingerprint density at radius 2 is 2.21 bits per heavy atom. The molecule has 2 rings (SSSR count). The van der Waals surface area contributed by atoms with Crippen molar-refractivity contribution < 1.29 is 18.3 Å². The van der Waals surface area contributed by atoms with Gasteiger partial charge in [0.05, 0.1) is 0 Å². The van der Waals surface area contributed by atoms with E-state index in [2.05, 4.69) is 4.98 Å². The average molecular weight is 284 g/mol. The molecule has 0 bridgehead atoms. The summed E-state index contributed by atoms with van der Waals surface area (Å²) in [5.41, 5.74) is 0. The highest BCUT2D eigenvalue weighted by Gasteiger charge is 2.28. The predicted molar refractivity (Wildman–Crippen MR) is 69.9 cm³/mol. The van der Waals surface area contributed by atoms with Gasteiger partial charge in [-0.2, -0.15) is 0 Å². The molecule has 0 atom stereocenters. The van der Waals surface area contributed by atoms with Crippen molar-refractivity contribution in [2.45, 2.75) is 17.7 Å². The molecule has 0 spiro atoms. The number of rotatable bonds is 6. The van der Waals surface area contributed by atoms with Gasteiger partial charge in [-0.05, 0) is 30.9 Å². The molecule has 1 fully saturated rings. The van der Waals surface area contributed by atoms with E-state index in [9.17, 15) is 13.2 Å². The van der Waals surface area contributed by atoms with Crippen molar-refractivity contribution in [3.05, 3.63) is 18.3 Å². The Bertz CT molecular complexity index is 581. The van der Waals surface area contributed by atoms with E-state index >= 15 is 0 Å². The zero-order valence-corrected chi connectivity index (χ0v) is 11.4. The van der Waals surface area contributed by atoms with Gasteiger partial charge >= 0.3 is 5.97 Å². The SMILES string of the molecule is CS(=O)(=O)c1cccnc1N(CC(=O)O)CC1CC1. The number of pyridine rings is 1. The van der Waals surface area contributed by atoms with Crippen LogP contribution in [0, 0.1) is 5.92 Å². The quantitative estimate of drug-likeness (QED) is 0.831. The van der Waals surface area contributed by atoms with Crippen LogP contribution < -0.4 is 4.90 Å². The van der Waals surface area contributed by atoms with Crippen LogP contribution in [0.2, 0.25) is 0 Å². The molecule has 1 heterocycles. The Morgan fingerprint density at radius 1 is 1.53 bits per heavy atom. The maximum absolute atomic E-state index is 11.7. The molecule has 0 radical (unpaired) electrons. The minimum Gasteiger partial charge on any atom is -0.480 e. The van der Waals surface area contributed by atoms with Gasteiger partial charge in [-0.3, -0.25) is 4.79 Å². The van der Waals surface area contributed by atoms with Gasteiger partial charge in [-0.15, -0.1) is 0 Å². The van der Waals surface area contributed by atoms with Gasteiger partial charge in [-0.1, -0.05) is 0 Å². The van der Waals surface area contributed by atoms with Crippen molar-refractivity contribution in [2.75, 3.05) is 24.2 Å². The summed E-state index contributed by atoms with van der Waals surface area (Å²) >= 11 is 0. The highest BCUT2D eigenvalue weighted by Crippen LogP contribution is 2.32. The molecule has 6 nitrogen and oxygen atoms in total. The van der Waals surface area contributed by atoms with E-state index in [0.717, 1.165) is 19.1 Å². The van der Waals surface area contributed by atoms with Crippen LogP contribution >= 0.6 is 0 Å². The normalized spacial score (nSPS) is 15.2. The maximum atomic E-state index is 11.7. The summed E-state index contributed by atoms with van der Waals surface area (Å²) in [4.78, 5) is 16.6. The maximum Gasteiger partial charge on any atom is 0.323 e. The van der Waals surface area contributed by atoms with Crippen LogP contribution in [0.25, 0.3) is 0 Å². The fourth-order valence-corrected chi connectivity index (χ4v) is 2.75. The van der Waals surface area contributed by atoms with Crippen LogP contribution in [-0.2, 0) is 14.6 Å². The summed E-state index contributed by atoms with van der Waals surface area (Å²) in [6.07, 6.45) is 4.68. The number of aliphatic carboxylic acids is 1. The first-order chi connectivity index (χ1) is 8.88. The number of aromatic nitrogens is 1. The smallest absolute Gasteiger partial charge is 0.323 e. The number of carboxylic acid groups (broad SMARTS) is 1. The lowest BCUT2D eigenvalue weighted by molar-refractivity contribution is -0.135. The minimum atomic E-state index is -3.43. The van der Waals surface area contributed by atoms with Crippen molar-refractivity contribution in [3.63, 3.8) is 0 Å². The summed E-state index contributed by atoms with van der Waals surface area (Å²) in [5, 5.41) is 8.95. The van der Waals surface area contributed by atoms with Crippen LogP contribution in [0.1, 0.15) is 12.8 Å². The van der Waals surface area contributed by atoms with Gasteiger partial charge in [0.25, 0.3) is 0 Å². The second-order valence-corrected chi connectivity index (χ2v) is 6.80. The van der Waals surface area contributed by atoms with Gasteiger partial charge < -0.3 is 10.0 Å². The standard InChI is InChI=1S/C12H16N2O4S/c1-19(17,18)10-3-2-6-13-12(10)14(8-11(15)16)7-9-4-5-9/h2-3,6,9H,4-5,7-8H2,1H3,(H,15,16). The van der Waals surface area contributed by atoms with Crippen molar-refractivity contribution in [3.8, 4) is 0 Å². The minimum absolute atomic E-state index is 0.0805. The highest BCUT2D eigenvalue weighted by molar-refractivity contribution is 7.90. The third kappa shape index (κ3) is 3.66. The number of anilines is 1. The predicted octanol–water partition coefficient (Wildman–Crippen LogP) is 0.786. The molecule has 0 aliphatic heterocycles. The highest BCUT2D eigenvalue weighted by atomic mass is 32.2. The molecule has 1 aliphatic carbocycles. The largest absolute Gasteiger partial charge is 0.480 e. The number of carbonyl (C=O) groups is 1. The Balaban J connectivity index is 2.37. The first-order valence-electron chi connectivity index (χ1n) is 5.99. The molecular weight excluding hydrogens is 268 g/mol. The van der Waals surface area contributed by atoms with Crippen LogP contribution in [0.4, 0.5) is 5.82 Å². The first-order valence-corrected chi connectivity index (χ1v) is 7.89. The fraction of sp³-hybridized carbons (Fsp3) is 0.500. The summed E-state index contributed by atoms with van der Waals surface area (Å²) < 4.78 is 23.5. The molecule has 104 valence electrons. The van der Waals surface area contributed by atoms with Crippen molar-refractivity contribution >= 4 is 21.6 Å². The van der Waals surface area contributed by atoms with Crippen molar-refractivity contribution in [2.24, 2.45) is 5.92 Å². The average Bonchev–Trinajstić information content (AvgIpc) is 3.10. The molecule has 0 aromatic carbocycles. The zero-order valence-electron chi connectivity index (χ0n) is 10.6. The third-order valence-electron chi connectivity index (χ3n) is 2.95. The lowest BCUT2D eigenvalue weighted by atomic mass is 10.3. The van der Waals surface area contributed by atoms with E-state index < -0.39 is 15.8 Å². The molecule has 1 aliphatic rings. The summed E-state index contributed by atoms with van der Waals surface area (Å²) in [5.74, 6) is -0.321. The van der Waals surface area contributed by atoms with E-state index in [-0.39, 0.29) is 17.3 Å². The summed E-state index contributed by atoms with van der Waals surface area (Å²) in [6, 6.07) is 3.00. The van der Waals surface area contributed by atoms with E-state index in [1.165, 1.54) is 23.2 Å². The number of hydrogen-bond donors (Lipinski definition) is 1. The van der Waals surface area contributed by atoms with Crippen molar-refractivity contribution in [1.82, 2.24) is 4.98 Å². The van der Waals surface area contributed by atoms with E-state index in [0.29, 0.717) is 12.5 Å². The molecule has 1 aromatic heterocycles. The van der Waals surface area contributed by atoms with Crippen LogP contribution in [0.15, 0.2) is 23.2 Å². The van der Waals surface area contributed by atoms with Crippen LogP contribution in [0.5, 0.6) is 0 Å². The Labute approximate surface area is 112 Å². The number of hydrogen-bond acceptors (Lipinski definition) is 5. The molecule has 7 heteroatoms. The summed E-state index contributed by atoms with van der Waals surface area (Å²) in [6.45, 7) is 0.294. The van der Waals surface area contributed by atoms with Gasteiger partial charge in [0.1, 0.15) is 17.3 Å². The van der Waals surface area contributed by atoms with Gasteiger partial charge in [0.15, 0.2) is 9.84 Å². The second-order valence-electron chi connectivity index (χ2n) is 4.81. The van der Waals surface area contributed by atoms with Crippen molar-refractivity contribution in [1.29, 1.82) is 0 Å². The fourth-order valence-electron chi connectivity index (χ4n) is 1.91. The summed E-state index contributed by atoms with van der Waals surface area (Å²) in [7, 11) is -3.43. The molecule has 1 N–H and O–H groups in total. The zero-order chi connectivity index (χ0) is 14.0. The molecule has 0 unspecified atom stereocenters. The number of nitrogens with zero attached hydrogens (tertiary/aromatic N) is 2. The van der Waals surface area contributed by atoms with E-state index in [1.807, 2.05) is 0 Å². The van der Waals surface area contributed by atoms with Crippen LogP contribution in [-0.4, -0.2) is 43.8 Å². The number of sulfone groups is 1. The van der Waals surface area contributed by atoms with Gasteiger partial charge in [0.2, 0.25) is 0 Å². The Morgan fingerprint density at radius 3 is 2.74 bits per heavy atom. The second kappa shape index (κ2) is 5.16. The molecule has 1 saturated carbocycles. The topological polar surface area (TPSA) is 87.6 Å². The van der Waals surface area contributed by atoms with Crippen LogP contribution in [0.3, 0.4) is 0 Å². The van der Waals surface area contributed by atoms with E-state index in [4.69, 9.17) is 5.11 Å². The Hall–Kier alpha value is -1.63. The lowest BCUT2D eigenvalue weighted by Gasteiger charge is -2.23. The molecule has 19 heavy (non-hydrogen) atoms. The monoisotopic (exact) mass is 284 g/mol. The van der Waals surface area contributed by atoms with E-state index in [1.54, 1.807) is 0 Å². The van der Waals surface area contributed by atoms with Gasteiger partial charge in [0, 0.05) is 19.0 Å². The number of carboxylic acids is 1. The third-order valence-corrected chi connectivity index (χ3v) is 4.07. The molecule has 0 saturated heterocycles.